The number of ketones is 2. The van der Waals surface area contributed by atoms with E-state index in [0.717, 1.165) is 28.8 Å². The van der Waals surface area contributed by atoms with Crippen LogP contribution < -0.4 is 10.2 Å². The van der Waals surface area contributed by atoms with Crippen molar-refractivity contribution in [1.82, 2.24) is 0 Å². The minimum absolute atomic E-state index is 0.203. The summed E-state index contributed by atoms with van der Waals surface area (Å²) in [6.45, 7) is 4.32. The van der Waals surface area contributed by atoms with Gasteiger partial charge in [0, 0.05) is 27.5 Å². The van der Waals surface area contributed by atoms with Crippen LogP contribution in [0, 0.1) is 11.8 Å². The van der Waals surface area contributed by atoms with E-state index in [1.54, 1.807) is 18.2 Å². The third-order valence-electron chi connectivity index (χ3n) is 9.09. The molecule has 4 atom stereocenters. The second-order valence-corrected chi connectivity index (χ2v) is 12.5. The Kier molecular flexibility index (Phi) is 6.59. The number of carbonyl (C=O) groups is 3. The number of para-hydroxylation sites is 1. The number of Topliss-reactive ketones (excluding diaryl/α,β-unsaturated/α-hetero) is 2. The van der Waals surface area contributed by atoms with Crippen LogP contribution in [0.15, 0.2) is 103 Å². The highest BCUT2D eigenvalue weighted by Gasteiger charge is 2.70. The van der Waals surface area contributed by atoms with Crippen molar-refractivity contribution in [2.24, 2.45) is 11.8 Å². The molecule has 1 N–H and O–H groups in total. The van der Waals surface area contributed by atoms with Crippen molar-refractivity contribution in [3.8, 4) is 0 Å². The van der Waals surface area contributed by atoms with Crippen molar-refractivity contribution in [2.45, 2.75) is 37.8 Å². The van der Waals surface area contributed by atoms with Crippen molar-refractivity contribution in [3.05, 3.63) is 136 Å². The van der Waals surface area contributed by atoms with Gasteiger partial charge in [0.05, 0.1) is 12.0 Å². The highest BCUT2D eigenvalue weighted by atomic mass is 35.5. The molecular weight excluding hydrogens is 556 g/mol. The molecule has 4 aromatic carbocycles. The number of fused-ring (bicyclic) bond motifs is 6. The first-order chi connectivity index (χ1) is 20.8. The van der Waals surface area contributed by atoms with Crippen LogP contribution in [0.3, 0.4) is 0 Å². The Morgan fingerprint density at radius 3 is 2.33 bits per heavy atom. The van der Waals surface area contributed by atoms with Crippen molar-refractivity contribution in [1.29, 1.82) is 0 Å². The molecule has 43 heavy (non-hydrogen) atoms. The Labute approximate surface area is 256 Å². The zero-order valence-corrected chi connectivity index (χ0v) is 24.7. The molecule has 4 aromatic rings. The quantitative estimate of drug-likeness (QED) is 0.239. The van der Waals surface area contributed by atoms with E-state index in [0.29, 0.717) is 27.8 Å². The second kappa shape index (κ2) is 10.4. The van der Waals surface area contributed by atoms with Gasteiger partial charge in [-0.05, 0) is 53.3 Å². The van der Waals surface area contributed by atoms with Crippen molar-refractivity contribution in [2.75, 3.05) is 10.2 Å². The fraction of sp³-hybridized carbons (Fsp3) is 0.216. The van der Waals surface area contributed by atoms with Gasteiger partial charge in [-0.2, -0.15) is 0 Å². The number of nitrogens with zero attached hydrogens (tertiary/aromatic N) is 1. The number of hydrogen-bond acceptors (Lipinski definition) is 4. The van der Waals surface area contributed by atoms with Crippen LogP contribution in [0.2, 0.25) is 5.02 Å². The van der Waals surface area contributed by atoms with Crippen LogP contribution in [-0.4, -0.2) is 29.6 Å². The minimum Gasteiger partial charge on any atom is -0.352 e. The molecule has 7 rings (SSSR count). The molecule has 6 heteroatoms. The Morgan fingerprint density at radius 2 is 1.58 bits per heavy atom. The monoisotopic (exact) mass is 586 g/mol. The Morgan fingerprint density at radius 1 is 0.884 bits per heavy atom. The van der Waals surface area contributed by atoms with Gasteiger partial charge in [-0.15, -0.1) is 0 Å². The molecule has 0 aromatic heterocycles. The molecule has 5 nitrogen and oxygen atoms in total. The zero-order chi connectivity index (χ0) is 29.9. The van der Waals surface area contributed by atoms with Gasteiger partial charge in [-0.3, -0.25) is 14.4 Å². The number of hydrogen-bond donors (Lipinski definition) is 1. The van der Waals surface area contributed by atoms with Crippen LogP contribution in [0.5, 0.6) is 0 Å². The molecule has 0 aliphatic carbocycles. The molecule has 1 saturated heterocycles. The maximum atomic E-state index is 14.9. The highest BCUT2D eigenvalue weighted by Crippen LogP contribution is 2.58. The lowest BCUT2D eigenvalue weighted by molar-refractivity contribution is -0.121. The summed E-state index contributed by atoms with van der Waals surface area (Å²) in [4.78, 5) is 46.1. The first kappa shape index (κ1) is 27.4. The fourth-order valence-corrected chi connectivity index (χ4v) is 7.56. The number of nitrogens with one attached hydrogen (secondary N) is 1. The maximum absolute atomic E-state index is 14.9. The van der Waals surface area contributed by atoms with Crippen LogP contribution in [-0.2, 0) is 16.6 Å². The Bertz CT molecular complexity index is 1800. The Hall–Kier alpha value is -4.48. The van der Waals surface area contributed by atoms with Crippen molar-refractivity contribution in [3.63, 3.8) is 0 Å². The third-order valence-corrected chi connectivity index (χ3v) is 9.32. The van der Waals surface area contributed by atoms with Crippen LogP contribution >= 0.6 is 11.6 Å². The standard InChI is InChI=1S/C37H31ClN2O3/c1-22(2)20-23-12-14-25(15-13-23)34(41)32-33(35(42)24-8-4-3-5-9-24)40-30-18-17-27(38)21-26(30)16-19-31(40)37(32)28-10-6-7-11-29(28)39-36(37)43/h3-19,21-22,31-33H,20H2,1-2H3,(H,39,43)/t31-,32-,33+,37-/m0/s1. The summed E-state index contributed by atoms with van der Waals surface area (Å²) in [7, 11) is 0. The van der Waals surface area contributed by atoms with Gasteiger partial charge in [-0.1, -0.05) is 110 Å². The summed E-state index contributed by atoms with van der Waals surface area (Å²) >= 11 is 6.39. The summed E-state index contributed by atoms with van der Waals surface area (Å²) in [6, 6.07) is 28.2. The zero-order valence-electron chi connectivity index (χ0n) is 24.0. The van der Waals surface area contributed by atoms with Crippen LogP contribution in [0.4, 0.5) is 11.4 Å². The molecule has 1 fully saturated rings. The van der Waals surface area contributed by atoms with E-state index in [-0.39, 0.29) is 17.5 Å². The van der Waals surface area contributed by atoms with Crippen molar-refractivity contribution >= 4 is 46.5 Å². The van der Waals surface area contributed by atoms with Crippen LogP contribution in [0.1, 0.15) is 51.3 Å². The van der Waals surface area contributed by atoms with Gasteiger partial charge in [0.15, 0.2) is 11.6 Å². The van der Waals surface area contributed by atoms with E-state index >= 15 is 0 Å². The van der Waals surface area contributed by atoms with Gasteiger partial charge in [-0.25, -0.2) is 0 Å². The molecule has 3 heterocycles. The molecular formula is C37H31ClN2O3. The number of benzene rings is 4. The van der Waals surface area contributed by atoms with Gasteiger partial charge in [0.1, 0.15) is 11.5 Å². The number of rotatable bonds is 6. The van der Waals surface area contributed by atoms with Gasteiger partial charge >= 0.3 is 0 Å². The summed E-state index contributed by atoms with van der Waals surface area (Å²) in [5.41, 5.74) is 3.78. The van der Waals surface area contributed by atoms with E-state index in [1.165, 1.54) is 0 Å². The molecule has 1 amide bonds. The molecule has 0 saturated carbocycles. The van der Waals surface area contributed by atoms with E-state index < -0.39 is 23.4 Å². The molecule has 3 aliphatic heterocycles. The smallest absolute Gasteiger partial charge is 0.238 e. The number of amides is 1. The normalized spacial score (nSPS) is 23.2. The lowest BCUT2D eigenvalue weighted by atomic mass is 9.64. The van der Waals surface area contributed by atoms with Gasteiger partial charge < -0.3 is 10.2 Å². The predicted octanol–water partition coefficient (Wildman–Crippen LogP) is 7.39. The minimum atomic E-state index is -1.34. The van der Waals surface area contributed by atoms with Gasteiger partial charge in [0.2, 0.25) is 5.91 Å². The van der Waals surface area contributed by atoms with E-state index in [9.17, 15) is 14.4 Å². The summed E-state index contributed by atoms with van der Waals surface area (Å²) in [5, 5.41) is 3.65. The summed E-state index contributed by atoms with van der Waals surface area (Å²) in [6.07, 6.45) is 4.81. The van der Waals surface area contributed by atoms with E-state index in [2.05, 4.69) is 19.2 Å². The number of halogens is 1. The van der Waals surface area contributed by atoms with E-state index in [4.69, 9.17) is 11.6 Å². The van der Waals surface area contributed by atoms with E-state index in [1.807, 2.05) is 95.9 Å². The van der Waals surface area contributed by atoms with Crippen LogP contribution in [0.25, 0.3) is 6.08 Å². The largest absolute Gasteiger partial charge is 0.352 e. The number of carbonyl (C=O) groups excluding carboxylic acids is 3. The van der Waals surface area contributed by atoms with Gasteiger partial charge in [0.25, 0.3) is 0 Å². The topological polar surface area (TPSA) is 66.5 Å². The third kappa shape index (κ3) is 4.17. The second-order valence-electron chi connectivity index (χ2n) is 12.1. The summed E-state index contributed by atoms with van der Waals surface area (Å²) < 4.78 is 0. The average Bonchev–Trinajstić information content (AvgIpc) is 3.49. The molecule has 3 aliphatic rings. The fourth-order valence-electron chi connectivity index (χ4n) is 7.38. The van der Waals surface area contributed by atoms with Crippen molar-refractivity contribution < 1.29 is 14.4 Å². The molecule has 0 unspecified atom stereocenters. The molecule has 214 valence electrons. The SMILES string of the molecule is CC(C)Cc1ccc(C(=O)[C@@H]2[C@H](C(=O)c3ccccc3)N3c4ccc(Cl)cc4C=C[C@H]3[C@]23C(=O)Nc2ccccc23)cc1. The molecule has 0 radical (unpaired) electrons. The lowest BCUT2D eigenvalue weighted by Gasteiger charge is -2.37. The average molecular weight is 587 g/mol. The first-order valence-electron chi connectivity index (χ1n) is 14.7. The lowest BCUT2D eigenvalue weighted by Crippen LogP contribution is -2.51. The molecule has 0 bridgehead atoms. The summed E-state index contributed by atoms with van der Waals surface area (Å²) in [5.74, 6) is -1.23. The predicted molar refractivity (Wildman–Crippen MR) is 171 cm³/mol. The number of anilines is 2. The Balaban J connectivity index is 1.49. The highest BCUT2D eigenvalue weighted by molar-refractivity contribution is 6.31. The first-order valence-corrected chi connectivity index (χ1v) is 15.1. The maximum Gasteiger partial charge on any atom is 0.238 e. The molecule has 1 spiro atoms.